The third-order valence-corrected chi connectivity index (χ3v) is 3.00. The van der Waals surface area contributed by atoms with Gasteiger partial charge in [0, 0.05) is 18.2 Å². The predicted molar refractivity (Wildman–Crippen MR) is 82.2 cm³/mol. The van der Waals surface area contributed by atoms with Gasteiger partial charge in [-0.1, -0.05) is 11.8 Å². The molecule has 1 aromatic carbocycles. The summed E-state index contributed by atoms with van der Waals surface area (Å²) < 4.78 is 5.22. The zero-order chi connectivity index (χ0) is 15.8. The molecule has 0 aliphatic heterocycles. The molecule has 0 fully saturated rings. The highest BCUT2D eigenvalue weighted by molar-refractivity contribution is 5.95. The fraction of sp³-hybridized carbons (Fsp3) is 0.438. The summed E-state index contributed by atoms with van der Waals surface area (Å²) in [6.45, 7) is 4.29. The molecule has 1 aromatic rings. The molecule has 0 aliphatic carbocycles. The number of amides is 1. The number of ether oxygens (including phenoxy) is 1. The zero-order valence-corrected chi connectivity index (χ0v) is 12.7. The van der Waals surface area contributed by atoms with Crippen LogP contribution in [0.2, 0.25) is 0 Å². The lowest BCUT2D eigenvalue weighted by atomic mass is 10.1. The van der Waals surface area contributed by atoms with Crippen molar-refractivity contribution in [3.8, 4) is 17.6 Å². The molecule has 5 nitrogen and oxygen atoms in total. The molecule has 5 heteroatoms. The average Bonchev–Trinajstić information content (AvgIpc) is 2.49. The molecule has 0 bridgehead atoms. The number of carbonyl (C=O) groups is 1. The summed E-state index contributed by atoms with van der Waals surface area (Å²) in [5.41, 5.74) is 6.52. The van der Waals surface area contributed by atoms with Crippen molar-refractivity contribution in [3.05, 3.63) is 29.3 Å². The molecule has 0 heterocycles. The Labute approximate surface area is 125 Å². The minimum atomic E-state index is -0.141. The molecule has 0 aliphatic rings. The van der Waals surface area contributed by atoms with Gasteiger partial charge in [-0.3, -0.25) is 4.79 Å². The maximum atomic E-state index is 12.5. The molecule has 0 radical (unpaired) electrons. The van der Waals surface area contributed by atoms with Crippen molar-refractivity contribution in [1.82, 2.24) is 4.90 Å². The van der Waals surface area contributed by atoms with Crippen LogP contribution in [0.1, 0.15) is 29.8 Å². The Bertz CT molecular complexity index is 544. The van der Waals surface area contributed by atoms with E-state index in [9.17, 15) is 4.79 Å². The molecule has 0 saturated carbocycles. The van der Waals surface area contributed by atoms with E-state index in [0.29, 0.717) is 23.4 Å². The van der Waals surface area contributed by atoms with Gasteiger partial charge in [-0.25, -0.2) is 0 Å². The van der Waals surface area contributed by atoms with Crippen LogP contribution in [0.15, 0.2) is 18.2 Å². The van der Waals surface area contributed by atoms with Crippen molar-refractivity contribution in [2.24, 2.45) is 5.73 Å². The maximum absolute atomic E-state index is 12.5. The minimum Gasteiger partial charge on any atom is -0.495 e. The first-order valence-electron chi connectivity index (χ1n) is 6.84. The van der Waals surface area contributed by atoms with E-state index in [1.165, 1.54) is 0 Å². The summed E-state index contributed by atoms with van der Waals surface area (Å²) >= 11 is 0. The van der Waals surface area contributed by atoms with Crippen molar-refractivity contribution < 1.29 is 14.6 Å². The van der Waals surface area contributed by atoms with Gasteiger partial charge in [0.25, 0.3) is 5.91 Å². The highest BCUT2D eigenvalue weighted by Gasteiger charge is 2.19. The van der Waals surface area contributed by atoms with Gasteiger partial charge in [0.1, 0.15) is 5.75 Å². The van der Waals surface area contributed by atoms with Crippen LogP contribution in [-0.4, -0.2) is 48.8 Å². The first-order chi connectivity index (χ1) is 10.0. The monoisotopic (exact) mass is 290 g/mol. The van der Waals surface area contributed by atoms with Crippen molar-refractivity contribution >= 4 is 5.91 Å². The van der Waals surface area contributed by atoms with E-state index in [1.807, 2.05) is 13.8 Å². The second-order valence-electron chi connectivity index (χ2n) is 4.74. The number of methoxy groups -OCH3 is 1. The van der Waals surface area contributed by atoms with E-state index in [-0.39, 0.29) is 25.1 Å². The Morgan fingerprint density at radius 1 is 1.48 bits per heavy atom. The quantitative estimate of drug-likeness (QED) is 0.788. The van der Waals surface area contributed by atoms with Crippen molar-refractivity contribution in [2.75, 3.05) is 26.8 Å². The second kappa shape index (κ2) is 8.30. The Balaban J connectivity index is 3.15. The largest absolute Gasteiger partial charge is 0.495 e. The Morgan fingerprint density at radius 2 is 2.19 bits per heavy atom. The number of benzene rings is 1. The van der Waals surface area contributed by atoms with Crippen LogP contribution >= 0.6 is 0 Å². The Kier molecular flexibility index (Phi) is 6.73. The van der Waals surface area contributed by atoms with Gasteiger partial charge < -0.3 is 20.5 Å². The number of carbonyl (C=O) groups excluding carboxylic acids is 1. The normalized spacial score (nSPS) is 10.0. The fourth-order valence-corrected chi connectivity index (χ4v) is 1.95. The molecule has 0 saturated heterocycles. The number of aliphatic hydroxyl groups is 1. The standard InChI is InChI=1S/C16H22N2O3/c1-12(2)18(9-10-19)16(20)14-6-7-15(21-3)13(11-14)5-4-8-17/h6-7,11-12,19H,8-10,17H2,1-3H3. The van der Waals surface area contributed by atoms with E-state index in [1.54, 1.807) is 30.2 Å². The van der Waals surface area contributed by atoms with Crippen LogP contribution in [0, 0.1) is 11.8 Å². The molecular weight excluding hydrogens is 268 g/mol. The van der Waals surface area contributed by atoms with E-state index in [4.69, 9.17) is 15.6 Å². The lowest BCUT2D eigenvalue weighted by Gasteiger charge is -2.26. The number of hydrogen-bond donors (Lipinski definition) is 2. The van der Waals surface area contributed by atoms with Crippen LogP contribution < -0.4 is 10.5 Å². The van der Waals surface area contributed by atoms with Gasteiger partial charge in [0.05, 0.1) is 25.8 Å². The van der Waals surface area contributed by atoms with E-state index < -0.39 is 0 Å². The SMILES string of the molecule is COc1ccc(C(=O)N(CCO)C(C)C)cc1C#CCN. The lowest BCUT2D eigenvalue weighted by Crippen LogP contribution is -2.39. The van der Waals surface area contributed by atoms with Gasteiger partial charge in [-0.05, 0) is 32.0 Å². The van der Waals surface area contributed by atoms with E-state index in [0.717, 1.165) is 0 Å². The molecule has 1 amide bonds. The Hall–Kier alpha value is -2.03. The summed E-state index contributed by atoms with van der Waals surface area (Å²) in [7, 11) is 1.55. The summed E-state index contributed by atoms with van der Waals surface area (Å²) in [6, 6.07) is 5.11. The molecule has 0 aromatic heterocycles. The van der Waals surface area contributed by atoms with Gasteiger partial charge in [-0.15, -0.1) is 0 Å². The highest BCUT2D eigenvalue weighted by Crippen LogP contribution is 2.20. The maximum Gasteiger partial charge on any atom is 0.254 e. The lowest BCUT2D eigenvalue weighted by molar-refractivity contribution is 0.0665. The Morgan fingerprint density at radius 3 is 2.71 bits per heavy atom. The zero-order valence-electron chi connectivity index (χ0n) is 12.7. The smallest absolute Gasteiger partial charge is 0.254 e. The van der Waals surface area contributed by atoms with E-state index in [2.05, 4.69) is 11.8 Å². The molecule has 1 rings (SSSR count). The second-order valence-corrected chi connectivity index (χ2v) is 4.74. The molecular formula is C16H22N2O3. The van der Waals surface area contributed by atoms with E-state index >= 15 is 0 Å². The van der Waals surface area contributed by atoms with Crippen LogP contribution in [0.5, 0.6) is 5.75 Å². The third-order valence-electron chi connectivity index (χ3n) is 3.00. The first kappa shape index (κ1) is 17.0. The van der Waals surface area contributed by atoms with Crippen molar-refractivity contribution in [3.63, 3.8) is 0 Å². The van der Waals surface area contributed by atoms with Gasteiger partial charge >= 0.3 is 0 Å². The van der Waals surface area contributed by atoms with Gasteiger partial charge in [-0.2, -0.15) is 0 Å². The van der Waals surface area contributed by atoms with Crippen LogP contribution in [0.3, 0.4) is 0 Å². The van der Waals surface area contributed by atoms with Crippen LogP contribution in [0.4, 0.5) is 0 Å². The molecule has 0 atom stereocenters. The molecule has 114 valence electrons. The number of nitrogens with two attached hydrogens (primary N) is 1. The third kappa shape index (κ3) is 4.48. The van der Waals surface area contributed by atoms with Gasteiger partial charge in [0.2, 0.25) is 0 Å². The van der Waals surface area contributed by atoms with Gasteiger partial charge in [0.15, 0.2) is 0 Å². The number of aliphatic hydroxyl groups excluding tert-OH is 1. The number of hydrogen-bond acceptors (Lipinski definition) is 4. The van der Waals surface area contributed by atoms with Crippen molar-refractivity contribution in [1.29, 1.82) is 0 Å². The van der Waals surface area contributed by atoms with Crippen LogP contribution in [-0.2, 0) is 0 Å². The molecule has 0 spiro atoms. The molecule has 0 unspecified atom stereocenters. The summed E-state index contributed by atoms with van der Waals surface area (Å²) in [5, 5.41) is 9.08. The fourth-order valence-electron chi connectivity index (χ4n) is 1.95. The molecule has 21 heavy (non-hydrogen) atoms. The topological polar surface area (TPSA) is 75.8 Å². The van der Waals surface area contributed by atoms with Crippen molar-refractivity contribution in [2.45, 2.75) is 19.9 Å². The number of nitrogens with zero attached hydrogens (tertiary/aromatic N) is 1. The summed E-state index contributed by atoms with van der Waals surface area (Å²) in [6.07, 6.45) is 0. The summed E-state index contributed by atoms with van der Waals surface area (Å²) in [5.74, 6) is 6.12. The summed E-state index contributed by atoms with van der Waals surface area (Å²) in [4.78, 5) is 14.1. The predicted octanol–water partition coefficient (Wildman–Crippen LogP) is 0.848. The van der Waals surface area contributed by atoms with Crippen LogP contribution in [0.25, 0.3) is 0 Å². The first-order valence-corrected chi connectivity index (χ1v) is 6.84. The minimum absolute atomic E-state index is 0.00493. The molecule has 3 N–H and O–H groups in total. The highest BCUT2D eigenvalue weighted by atomic mass is 16.5. The number of rotatable bonds is 5. The average molecular weight is 290 g/mol.